The van der Waals surface area contributed by atoms with Crippen molar-refractivity contribution in [3.05, 3.63) is 47.5 Å². The quantitative estimate of drug-likeness (QED) is 0.184. The van der Waals surface area contributed by atoms with Crippen molar-refractivity contribution in [2.75, 3.05) is 23.7 Å². The minimum absolute atomic E-state index is 0.0120. The van der Waals surface area contributed by atoms with Crippen LogP contribution in [-0.2, 0) is 12.8 Å². The number of hydrazone groups is 1. The summed E-state index contributed by atoms with van der Waals surface area (Å²) >= 11 is 1.33. The first-order valence-corrected chi connectivity index (χ1v) is 11.7. The molecule has 0 atom stereocenters. The van der Waals surface area contributed by atoms with Crippen molar-refractivity contribution in [3.8, 4) is 5.82 Å². The maximum Gasteiger partial charge on any atom is 0.293 e. The largest absolute Gasteiger partial charge is 0.378 e. The number of carbonyl (C=O) groups excluding carboxylic acids is 1. The average Bonchev–Trinajstić information content (AvgIpc) is 3.59. The summed E-state index contributed by atoms with van der Waals surface area (Å²) in [5, 5.41) is 28.0. The number of thioether (sulfide) groups is 1. The summed E-state index contributed by atoms with van der Waals surface area (Å²) in [5.41, 5.74) is 10.7. The van der Waals surface area contributed by atoms with E-state index in [1.54, 1.807) is 17.1 Å². The number of nitrogens with zero attached hydrogens (tertiary/aromatic N) is 10. The summed E-state index contributed by atoms with van der Waals surface area (Å²) < 4.78 is 7.73. The number of aromatic nitrogens is 8. The second-order valence-corrected chi connectivity index (χ2v) is 8.19. The van der Waals surface area contributed by atoms with E-state index < -0.39 is 5.91 Å². The van der Waals surface area contributed by atoms with Crippen molar-refractivity contribution in [2.24, 2.45) is 12.1 Å². The Kier molecular flexibility index (Phi) is 7.35. The fourth-order valence-corrected chi connectivity index (χ4v) is 4.11. The minimum atomic E-state index is -0.546. The maximum absolute atomic E-state index is 12.9. The third kappa shape index (κ3) is 5.29. The van der Waals surface area contributed by atoms with E-state index in [2.05, 4.69) is 64.7 Å². The molecule has 0 fully saturated rings. The molecule has 0 bridgehead atoms. The van der Waals surface area contributed by atoms with Gasteiger partial charge in [0.1, 0.15) is 6.33 Å². The van der Waals surface area contributed by atoms with E-state index in [1.165, 1.54) is 16.4 Å². The lowest BCUT2D eigenvalue weighted by Crippen LogP contribution is -2.21. The van der Waals surface area contributed by atoms with Gasteiger partial charge in [-0.15, -0.1) is 15.3 Å². The number of nitrogens with one attached hydrogen (secondary N) is 1. The molecule has 4 aromatic rings. The molecule has 3 aromatic heterocycles. The van der Waals surface area contributed by atoms with Gasteiger partial charge in [-0.2, -0.15) is 9.78 Å². The van der Waals surface area contributed by atoms with Crippen molar-refractivity contribution < 1.29 is 9.42 Å². The highest BCUT2D eigenvalue weighted by atomic mass is 32.2. The molecule has 4 rings (SSSR count). The van der Waals surface area contributed by atoms with Crippen LogP contribution in [0.3, 0.4) is 0 Å². The van der Waals surface area contributed by atoms with Gasteiger partial charge in [-0.1, -0.05) is 29.1 Å². The van der Waals surface area contributed by atoms with Gasteiger partial charge in [0.2, 0.25) is 11.6 Å². The molecule has 182 valence electrons. The first kappa shape index (κ1) is 23.9. The lowest BCUT2D eigenvalue weighted by Gasteiger charge is -2.20. The van der Waals surface area contributed by atoms with Gasteiger partial charge < -0.3 is 15.2 Å². The molecule has 0 aliphatic heterocycles. The number of aryl methyl sites for hydroxylation is 1. The summed E-state index contributed by atoms with van der Waals surface area (Å²) in [5.74, 6) is -0.138. The smallest absolute Gasteiger partial charge is 0.293 e. The number of nitrogen functional groups attached to an aromatic ring is 1. The molecular weight excluding hydrogens is 472 g/mol. The SMILES string of the molecule is CCN(CC)c1ccc(/C=N/NC(=O)c2nnn(-c3nonc3N)c2CSc2nncn2C)cc1. The molecule has 35 heavy (non-hydrogen) atoms. The molecule has 0 spiro atoms. The van der Waals surface area contributed by atoms with Gasteiger partial charge in [-0.05, 0) is 41.9 Å². The zero-order valence-corrected chi connectivity index (χ0v) is 20.2. The molecule has 0 radical (unpaired) electrons. The van der Waals surface area contributed by atoms with E-state index in [0.29, 0.717) is 10.9 Å². The van der Waals surface area contributed by atoms with Crippen LogP contribution in [0.2, 0.25) is 0 Å². The van der Waals surface area contributed by atoms with Crippen LogP contribution in [0.15, 0.2) is 45.5 Å². The molecule has 0 saturated heterocycles. The van der Waals surface area contributed by atoms with Gasteiger partial charge in [0, 0.05) is 31.6 Å². The number of benzene rings is 1. The third-order valence-electron chi connectivity index (χ3n) is 5.08. The van der Waals surface area contributed by atoms with Crippen molar-refractivity contribution in [3.63, 3.8) is 0 Å². The molecule has 0 aliphatic carbocycles. The summed E-state index contributed by atoms with van der Waals surface area (Å²) in [6.07, 6.45) is 3.14. The molecule has 15 heteroatoms. The molecule has 3 N–H and O–H groups in total. The van der Waals surface area contributed by atoms with E-state index in [9.17, 15) is 4.79 Å². The molecule has 0 aliphatic rings. The molecule has 1 amide bonds. The van der Waals surface area contributed by atoms with Crippen LogP contribution in [0.4, 0.5) is 11.5 Å². The lowest BCUT2D eigenvalue weighted by atomic mass is 10.2. The van der Waals surface area contributed by atoms with E-state index in [1.807, 2.05) is 31.3 Å². The number of amides is 1. The maximum atomic E-state index is 12.9. The minimum Gasteiger partial charge on any atom is -0.378 e. The van der Waals surface area contributed by atoms with Crippen LogP contribution in [0, 0.1) is 0 Å². The summed E-state index contributed by atoms with van der Waals surface area (Å²) in [4.78, 5) is 15.1. The Bertz CT molecular complexity index is 1310. The van der Waals surface area contributed by atoms with Gasteiger partial charge in [0.25, 0.3) is 5.91 Å². The van der Waals surface area contributed by atoms with Crippen molar-refractivity contribution in [1.82, 2.24) is 45.5 Å². The first-order chi connectivity index (χ1) is 17.0. The number of hydrogen-bond donors (Lipinski definition) is 2. The fraction of sp³-hybridized carbons (Fsp3) is 0.300. The fourth-order valence-electron chi connectivity index (χ4n) is 3.23. The van der Waals surface area contributed by atoms with E-state index >= 15 is 0 Å². The number of hydrogen-bond acceptors (Lipinski definition) is 12. The van der Waals surface area contributed by atoms with Crippen molar-refractivity contribution >= 4 is 35.4 Å². The highest BCUT2D eigenvalue weighted by Gasteiger charge is 2.24. The van der Waals surface area contributed by atoms with Crippen LogP contribution in [0.1, 0.15) is 35.6 Å². The third-order valence-corrected chi connectivity index (χ3v) is 6.13. The predicted molar refractivity (Wildman–Crippen MR) is 129 cm³/mol. The van der Waals surface area contributed by atoms with Gasteiger partial charge in [-0.3, -0.25) is 4.79 Å². The van der Waals surface area contributed by atoms with E-state index in [0.717, 1.165) is 24.3 Å². The Labute approximate surface area is 204 Å². The van der Waals surface area contributed by atoms with Crippen molar-refractivity contribution in [1.29, 1.82) is 0 Å². The van der Waals surface area contributed by atoms with E-state index in [-0.39, 0.29) is 23.1 Å². The number of rotatable bonds is 10. The highest BCUT2D eigenvalue weighted by Crippen LogP contribution is 2.24. The zero-order chi connectivity index (χ0) is 24.8. The summed E-state index contributed by atoms with van der Waals surface area (Å²) in [6.45, 7) is 6.07. The van der Waals surface area contributed by atoms with Gasteiger partial charge in [-0.25, -0.2) is 10.1 Å². The Balaban J connectivity index is 1.51. The topological polar surface area (TPSA) is 171 Å². The number of carbonyl (C=O) groups is 1. The summed E-state index contributed by atoms with van der Waals surface area (Å²) in [7, 11) is 1.81. The first-order valence-electron chi connectivity index (χ1n) is 10.7. The monoisotopic (exact) mass is 496 g/mol. The Morgan fingerprint density at radius 2 is 2.00 bits per heavy atom. The van der Waals surface area contributed by atoms with Crippen LogP contribution in [-0.4, -0.2) is 65.3 Å². The Morgan fingerprint density at radius 3 is 2.63 bits per heavy atom. The molecule has 0 unspecified atom stereocenters. The van der Waals surface area contributed by atoms with Gasteiger partial charge >= 0.3 is 0 Å². The number of anilines is 2. The molecule has 1 aromatic carbocycles. The lowest BCUT2D eigenvalue weighted by molar-refractivity contribution is 0.0949. The van der Waals surface area contributed by atoms with Crippen molar-refractivity contribution in [2.45, 2.75) is 24.8 Å². The zero-order valence-electron chi connectivity index (χ0n) is 19.4. The standard InChI is InChI=1S/C20H24N12O2S/c1-4-31(5-2)14-8-6-13(7-9-14)10-22-25-19(33)16-15(11-35-20-26-23-12-30(20)3)32(29-24-16)18-17(21)27-34-28-18/h6-10,12H,4-5,11H2,1-3H3,(H2,21,27)(H,25,33)/b22-10+. The molecule has 0 saturated carbocycles. The Hall–Kier alpha value is -4.27. The highest BCUT2D eigenvalue weighted by molar-refractivity contribution is 7.98. The van der Waals surface area contributed by atoms with Gasteiger partial charge in [0.05, 0.1) is 11.9 Å². The number of nitrogens with two attached hydrogens (primary N) is 1. The molecule has 3 heterocycles. The van der Waals surface area contributed by atoms with Crippen LogP contribution >= 0.6 is 11.8 Å². The Morgan fingerprint density at radius 1 is 1.23 bits per heavy atom. The van der Waals surface area contributed by atoms with Gasteiger partial charge in [0.15, 0.2) is 10.9 Å². The normalized spacial score (nSPS) is 11.3. The van der Waals surface area contributed by atoms with Crippen LogP contribution < -0.4 is 16.1 Å². The van der Waals surface area contributed by atoms with E-state index in [4.69, 9.17) is 5.73 Å². The predicted octanol–water partition coefficient (Wildman–Crippen LogP) is 1.26. The van der Waals surface area contributed by atoms with Crippen LogP contribution in [0.25, 0.3) is 5.82 Å². The summed E-state index contributed by atoms with van der Waals surface area (Å²) in [6, 6.07) is 7.89. The van der Waals surface area contributed by atoms with Crippen LogP contribution in [0.5, 0.6) is 0 Å². The second-order valence-electron chi connectivity index (χ2n) is 7.25. The second kappa shape index (κ2) is 10.8. The molecule has 14 nitrogen and oxygen atoms in total. The molecular formula is C20H24N12O2S. The average molecular weight is 497 g/mol.